The molecule has 0 aliphatic carbocycles. The van der Waals surface area contributed by atoms with Gasteiger partial charge in [-0.1, -0.05) is 11.6 Å². The van der Waals surface area contributed by atoms with Gasteiger partial charge in [0.25, 0.3) is 5.91 Å². The molecule has 0 radical (unpaired) electrons. The molecule has 1 aliphatic rings. The average molecular weight is 271 g/mol. The third-order valence-corrected chi connectivity index (χ3v) is 3.48. The Bertz CT molecular complexity index is 467. The Hall–Kier alpha value is -1.30. The maximum atomic E-state index is 12.2. The van der Waals surface area contributed by atoms with E-state index in [-0.39, 0.29) is 28.3 Å². The average Bonchev–Trinajstić information content (AvgIpc) is 2.77. The van der Waals surface area contributed by atoms with Crippen molar-refractivity contribution >= 4 is 17.5 Å². The molecule has 0 unspecified atom stereocenters. The first-order valence-electron chi connectivity index (χ1n) is 5.65. The van der Waals surface area contributed by atoms with E-state index >= 15 is 0 Å². The molecule has 2 atom stereocenters. The molecule has 0 spiro atoms. The largest absolute Gasteiger partial charge is 0.508 e. The summed E-state index contributed by atoms with van der Waals surface area (Å²) in [4.78, 5) is 13.7. The van der Waals surface area contributed by atoms with E-state index in [2.05, 4.69) is 5.32 Å². The third-order valence-electron chi connectivity index (χ3n) is 3.15. The number of hydrogen-bond acceptors (Lipinski definition) is 4. The number of hydrogen-bond donors (Lipinski definition) is 3. The number of benzene rings is 1. The zero-order chi connectivity index (χ0) is 13.3. The lowest BCUT2D eigenvalue weighted by atomic mass is 10.1. The van der Waals surface area contributed by atoms with Gasteiger partial charge in [0.2, 0.25) is 0 Å². The molecule has 0 bridgehead atoms. The van der Waals surface area contributed by atoms with Crippen molar-refractivity contribution in [1.82, 2.24) is 10.2 Å². The second kappa shape index (κ2) is 5.14. The summed E-state index contributed by atoms with van der Waals surface area (Å²) in [5.41, 5.74) is 0.235. The van der Waals surface area contributed by atoms with Crippen molar-refractivity contribution in [3.05, 3.63) is 28.8 Å². The van der Waals surface area contributed by atoms with E-state index in [0.29, 0.717) is 13.1 Å². The predicted molar refractivity (Wildman–Crippen MR) is 67.9 cm³/mol. The number of nitrogens with zero attached hydrogens (tertiary/aromatic N) is 1. The molecular formula is C12H15ClN2O3. The van der Waals surface area contributed by atoms with Crippen LogP contribution in [0.3, 0.4) is 0 Å². The highest BCUT2D eigenvalue weighted by Crippen LogP contribution is 2.23. The van der Waals surface area contributed by atoms with Crippen molar-refractivity contribution in [3.8, 4) is 5.75 Å². The summed E-state index contributed by atoms with van der Waals surface area (Å²) < 4.78 is 0. The fraction of sp³-hybridized carbons (Fsp3) is 0.417. The van der Waals surface area contributed by atoms with Crippen molar-refractivity contribution in [2.75, 3.05) is 20.1 Å². The van der Waals surface area contributed by atoms with Crippen molar-refractivity contribution in [2.24, 2.45) is 0 Å². The number of halogens is 1. The number of likely N-dealkylation sites (N-methyl/N-ethyl adjacent to an activating group) is 1. The number of amides is 1. The van der Waals surface area contributed by atoms with Crippen LogP contribution in [0.1, 0.15) is 10.4 Å². The molecular weight excluding hydrogens is 256 g/mol. The molecule has 98 valence electrons. The van der Waals surface area contributed by atoms with E-state index in [1.807, 2.05) is 0 Å². The van der Waals surface area contributed by atoms with E-state index in [1.54, 1.807) is 7.05 Å². The van der Waals surface area contributed by atoms with Crippen LogP contribution in [0.4, 0.5) is 0 Å². The van der Waals surface area contributed by atoms with Crippen LogP contribution >= 0.6 is 11.6 Å². The third kappa shape index (κ3) is 2.43. The fourth-order valence-corrected chi connectivity index (χ4v) is 2.26. The van der Waals surface area contributed by atoms with Crippen LogP contribution in [-0.4, -0.2) is 53.3 Å². The molecule has 1 heterocycles. The Morgan fingerprint density at radius 3 is 2.83 bits per heavy atom. The molecule has 18 heavy (non-hydrogen) atoms. The van der Waals surface area contributed by atoms with E-state index in [0.717, 1.165) is 0 Å². The van der Waals surface area contributed by atoms with Gasteiger partial charge in [0.15, 0.2) is 0 Å². The Morgan fingerprint density at radius 2 is 2.22 bits per heavy atom. The lowest BCUT2D eigenvalue weighted by molar-refractivity contribution is 0.0581. The standard InChI is InChI=1S/C12H15ClN2O3/c1-15(10-5-14-6-11(10)17)12(18)8-4-7(16)2-3-9(8)13/h2-4,10-11,14,16-17H,5-6H2,1H3/t10-,11-/m1/s1. The van der Waals surface area contributed by atoms with E-state index in [9.17, 15) is 15.0 Å². The Labute approximate surface area is 110 Å². The van der Waals surface area contributed by atoms with Crippen molar-refractivity contribution < 1.29 is 15.0 Å². The smallest absolute Gasteiger partial charge is 0.255 e. The first-order chi connectivity index (χ1) is 8.50. The normalized spacial score (nSPS) is 23.1. The van der Waals surface area contributed by atoms with Gasteiger partial charge >= 0.3 is 0 Å². The van der Waals surface area contributed by atoms with Gasteiger partial charge in [0.05, 0.1) is 22.7 Å². The maximum absolute atomic E-state index is 12.2. The minimum Gasteiger partial charge on any atom is -0.508 e. The van der Waals surface area contributed by atoms with Gasteiger partial charge < -0.3 is 20.4 Å². The van der Waals surface area contributed by atoms with Crippen LogP contribution in [0.2, 0.25) is 5.02 Å². The zero-order valence-electron chi connectivity index (χ0n) is 9.93. The molecule has 0 aromatic heterocycles. The number of rotatable bonds is 2. The van der Waals surface area contributed by atoms with Crippen LogP contribution in [0.15, 0.2) is 18.2 Å². The minimum atomic E-state index is -0.588. The molecule has 1 aromatic rings. The highest BCUT2D eigenvalue weighted by atomic mass is 35.5. The van der Waals surface area contributed by atoms with Crippen molar-refractivity contribution in [2.45, 2.75) is 12.1 Å². The number of nitrogens with one attached hydrogen (secondary N) is 1. The van der Waals surface area contributed by atoms with Gasteiger partial charge in [-0.2, -0.15) is 0 Å². The highest BCUT2D eigenvalue weighted by molar-refractivity contribution is 6.33. The van der Waals surface area contributed by atoms with Crippen molar-refractivity contribution in [3.63, 3.8) is 0 Å². The molecule has 1 aromatic carbocycles. The van der Waals surface area contributed by atoms with Crippen LogP contribution in [0.5, 0.6) is 5.75 Å². The molecule has 2 rings (SSSR count). The number of carbonyl (C=O) groups is 1. The van der Waals surface area contributed by atoms with Crippen LogP contribution < -0.4 is 5.32 Å². The van der Waals surface area contributed by atoms with Crippen LogP contribution in [0, 0.1) is 0 Å². The SMILES string of the molecule is CN(C(=O)c1cc(O)ccc1Cl)[C@@H]1CNC[C@H]1O. The number of aliphatic hydroxyl groups excluding tert-OH is 1. The molecule has 1 saturated heterocycles. The lowest BCUT2D eigenvalue weighted by Crippen LogP contribution is -2.44. The van der Waals surface area contributed by atoms with E-state index in [1.165, 1.54) is 23.1 Å². The van der Waals surface area contributed by atoms with Gasteiger partial charge in [-0.05, 0) is 18.2 Å². The number of carbonyl (C=O) groups excluding carboxylic acids is 1. The summed E-state index contributed by atoms with van der Waals surface area (Å²) in [6.07, 6.45) is -0.588. The highest BCUT2D eigenvalue weighted by Gasteiger charge is 2.32. The predicted octanol–water partition coefficient (Wildman–Crippen LogP) is 0.450. The molecule has 0 saturated carbocycles. The van der Waals surface area contributed by atoms with Crippen molar-refractivity contribution in [1.29, 1.82) is 0 Å². The molecule has 1 fully saturated rings. The Kier molecular flexibility index (Phi) is 3.75. The Balaban J connectivity index is 2.22. The number of aromatic hydroxyl groups is 1. The zero-order valence-corrected chi connectivity index (χ0v) is 10.7. The first kappa shape index (κ1) is 13.1. The van der Waals surface area contributed by atoms with Gasteiger partial charge in [-0.3, -0.25) is 4.79 Å². The van der Waals surface area contributed by atoms with Gasteiger partial charge in [-0.25, -0.2) is 0 Å². The second-order valence-corrected chi connectivity index (χ2v) is 4.78. The quantitative estimate of drug-likeness (QED) is 0.730. The van der Waals surface area contributed by atoms with Crippen LogP contribution in [0.25, 0.3) is 0 Å². The summed E-state index contributed by atoms with van der Waals surface area (Å²) in [5.74, 6) is -0.329. The van der Waals surface area contributed by atoms with E-state index in [4.69, 9.17) is 11.6 Å². The fourth-order valence-electron chi connectivity index (χ4n) is 2.06. The summed E-state index contributed by atoms with van der Waals surface area (Å²) in [6, 6.07) is 3.94. The van der Waals surface area contributed by atoms with Gasteiger partial charge in [0.1, 0.15) is 5.75 Å². The molecule has 5 nitrogen and oxygen atoms in total. The van der Waals surface area contributed by atoms with Crippen LogP contribution in [-0.2, 0) is 0 Å². The molecule has 1 aliphatic heterocycles. The molecule has 1 amide bonds. The number of phenolic OH excluding ortho intramolecular Hbond substituents is 1. The summed E-state index contributed by atoms with van der Waals surface area (Å²) in [7, 11) is 1.61. The first-order valence-corrected chi connectivity index (χ1v) is 6.03. The second-order valence-electron chi connectivity index (χ2n) is 4.37. The monoisotopic (exact) mass is 270 g/mol. The topological polar surface area (TPSA) is 72.8 Å². The Morgan fingerprint density at radius 1 is 1.50 bits per heavy atom. The number of β-amino-alcohol motifs (C(OH)–C–C–N with tert-alkyl or cyclic N) is 1. The number of phenols is 1. The van der Waals surface area contributed by atoms with Gasteiger partial charge in [0, 0.05) is 20.1 Å². The van der Waals surface area contributed by atoms with Gasteiger partial charge in [-0.15, -0.1) is 0 Å². The molecule has 6 heteroatoms. The lowest BCUT2D eigenvalue weighted by Gasteiger charge is -2.26. The summed E-state index contributed by atoms with van der Waals surface area (Å²) in [6.45, 7) is 1.01. The maximum Gasteiger partial charge on any atom is 0.255 e. The van der Waals surface area contributed by atoms with E-state index < -0.39 is 6.10 Å². The summed E-state index contributed by atoms with van der Waals surface area (Å²) in [5, 5.41) is 22.4. The summed E-state index contributed by atoms with van der Waals surface area (Å²) >= 11 is 5.94. The number of aliphatic hydroxyl groups is 1. The minimum absolute atomic E-state index is 0.0127. The molecule has 3 N–H and O–H groups in total.